The Morgan fingerprint density at radius 2 is 1.93 bits per heavy atom. The molecule has 1 aromatic heterocycles. The van der Waals surface area contributed by atoms with Crippen LogP contribution in [0.1, 0.15) is 30.9 Å². The molecular formula is C23H30N6O. The smallest absolute Gasteiger partial charge is 0.191 e. The average molecular weight is 407 g/mol. The summed E-state index contributed by atoms with van der Waals surface area (Å²) in [4.78, 5) is 8.92. The van der Waals surface area contributed by atoms with E-state index in [1.54, 1.807) is 7.11 Å². The van der Waals surface area contributed by atoms with Crippen molar-refractivity contribution < 1.29 is 4.74 Å². The van der Waals surface area contributed by atoms with Crippen LogP contribution in [0.15, 0.2) is 59.9 Å². The largest absolute Gasteiger partial charge is 0.497 e. The summed E-state index contributed by atoms with van der Waals surface area (Å²) in [6.07, 6.45) is 4.78. The number of guanidine groups is 1. The number of unbranched alkanes of at least 4 members (excludes halogenated alkanes) is 1. The number of nitrogens with zero attached hydrogens (tertiary/aromatic N) is 3. The maximum Gasteiger partial charge on any atom is 0.191 e. The monoisotopic (exact) mass is 406 g/mol. The van der Waals surface area contributed by atoms with E-state index in [0.29, 0.717) is 6.54 Å². The fraction of sp³-hybridized carbons (Fsp3) is 0.348. The zero-order valence-electron chi connectivity index (χ0n) is 17.7. The first kappa shape index (κ1) is 21.4. The minimum Gasteiger partial charge on any atom is -0.497 e. The highest BCUT2D eigenvalue weighted by Gasteiger charge is 2.03. The number of hydrogen-bond donors (Lipinski definition) is 3. The van der Waals surface area contributed by atoms with Gasteiger partial charge < -0.3 is 15.4 Å². The standard InChI is InChI=1S/C23H30N6O/c1-3-24-23(25-14-5-4-7-18-10-12-21(30-2)13-11-18)26-16-19-8-6-9-20(15-19)22-27-17-28-29-22/h6,8-13,15,17H,3-5,7,14,16H2,1-2H3,(H2,24,25,26)(H,27,28,29). The zero-order chi connectivity index (χ0) is 21.0. The number of ether oxygens (including phenoxy) is 1. The number of hydrogen-bond acceptors (Lipinski definition) is 4. The molecule has 0 aliphatic heterocycles. The highest BCUT2D eigenvalue weighted by Crippen LogP contribution is 2.16. The fourth-order valence-electron chi connectivity index (χ4n) is 3.13. The molecule has 0 spiro atoms. The Morgan fingerprint density at radius 3 is 2.67 bits per heavy atom. The topological polar surface area (TPSA) is 87.2 Å². The number of nitrogens with one attached hydrogen (secondary N) is 3. The molecule has 0 atom stereocenters. The van der Waals surface area contributed by atoms with E-state index in [-0.39, 0.29) is 0 Å². The lowest BCUT2D eigenvalue weighted by Crippen LogP contribution is -2.37. The van der Waals surface area contributed by atoms with Crippen LogP contribution in [-0.2, 0) is 13.0 Å². The van der Waals surface area contributed by atoms with Gasteiger partial charge in [0.2, 0.25) is 0 Å². The Labute approximate surface area is 178 Å². The lowest BCUT2D eigenvalue weighted by atomic mass is 10.1. The van der Waals surface area contributed by atoms with E-state index in [9.17, 15) is 0 Å². The van der Waals surface area contributed by atoms with Gasteiger partial charge in [-0.05, 0) is 55.5 Å². The summed E-state index contributed by atoms with van der Waals surface area (Å²) in [5.41, 5.74) is 3.47. The molecule has 3 rings (SSSR count). The molecule has 0 saturated carbocycles. The summed E-state index contributed by atoms with van der Waals surface area (Å²) in [5, 5.41) is 13.5. The van der Waals surface area contributed by atoms with Gasteiger partial charge in [0.25, 0.3) is 0 Å². The van der Waals surface area contributed by atoms with Gasteiger partial charge >= 0.3 is 0 Å². The second-order valence-corrected chi connectivity index (χ2v) is 6.96. The first-order chi connectivity index (χ1) is 14.8. The summed E-state index contributed by atoms with van der Waals surface area (Å²) in [6, 6.07) is 16.5. The van der Waals surface area contributed by atoms with Crippen LogP contribution in [0.4, 0.5) is 0 Å². The summed E-state index contributed by atoms with van der Waals surface area (Å²) < 4.78 is 5.20. The van der Waals surface area contributed by atoms with E-state index < -0.39 is 0 Å². The zero-order valence-corrected chi connectivity index (χ0v) is 17.7. The lowest BCUT2D eigenvalue weighted by molar-refractivity contribution is 0.414. The molecule has 0 aliphatic rings. The Bertz CT molecular complexity index is 906. The highest BCUT2D eigenvalue weighted by molar-refractivity contribution is 5.79. The summed E-state index contributed by atoms with van der Waals surface area (Å²) in [5.74, 6) is 2.51. The average Bonchev–Trinajstić information content (AvgIpc) is 3.33. The van der Waals surface area contributed by atoms with Crippen LogP contribution in [0.3, 0.4) is 0 Å². The fourth-order valence-corrected chi connectivity index (χ4v) is 3.13. The predicted molar refractivity (Wildman–Crippen MR) is 121 cm³/mol. The van der Waals surface area contributed by atoms with E-state index in [4.69, 9.17) is 9.73 Å². The number of rotatable bonds is 10. The molecule has 0 fully saturated rings. The van der Waals surface area contributed by atoms with Crippen molar-refractivity contribution in [2.75, 3.05) is 20.2 Å². The SMILES string of the molecule is CCNC(=NCc1cccc(-c2ncn[nH]2)c1)NCCCCc1ccc(OC)cc1. The second kappa shape index (κ2) is 11.6. The van der Waals surface area contributed by atoms with Crippen molar-refractivity contribution in [2.45, 2.75) is 32.7 Å². The van der Waals surface area contributed by atoms with Crippen molar-refractivity contribution >= 4 is 5.96 Å². The quantitative estimate of drug-likeness (QED) is 0.272. The molecule has 3 aromatic rings. The van der Waals surface area contributed by atoms with Crippen LogP contribution in [0.5, 0.6) is 5.75 Å². The molecule has 158 valence electrons. The van der Waals surface area contributed by atoms with E-state index in [1.165, 1.54) is 11.9 Å². The van der Waals surface area contributed by atoms with Crippen molar-refractivity contribution in [3.63, 3.8) is 0 Å². The molecule has 0 saturated heterocycles. The third-order valence-electron chi connectivity index (χ3n) is 4.72. The Morgan fingerprint density at radius 1 is 1.07 bits per heavy atom. The molecule has 7 nitrogen and oxygen atoms in total. The van der Waals surface area contributed by atoms with Gasteiger partial charge in [-0.25, -0.2) is 9.98 Å². The van der Waals surface area contributed by atoms with Crippen molar-refractivity contribution in [2.24, 2.45) is 4.99 Å². The molecule has 0 bridgehead atoms. The summed E-state index contributed by atoms with van der Waals surface area (Å²) in [6.45, 7) is 4.39. The number of aromatic amines is 1. The Balaban J connectivity index is 1.45. The number of aliphatic imine (C=N–C) groups is 1. The van der Waals surface area contributed by atoms with Crippen LogP contribution in [0.25, 0.3) is 11.4 Å². The van der Waals surface area contributed by atoms with Crippen molar-refractivity contribution in [3.05, 3.63) is 66.0 Å². The summed E-state index contributed by atoms with van der Waals surface area (Å²) in [7, 11) is 1.69. The predicted octanol–water partition coefficient (Wildman–Crippen LogP) is 3.56. The maximum absolute atomic E-state index is 5.20. The van der Waals surface area contributed by atoms with Crippen molar-refractivity contribution in [1.29, 1.82) is 0 Å². The van der Waals surface area contributed by atoms with Gasteiger partial charge in [-0.2, -0.15) is 5.10 Å². The number of methoxy groups -OCH3 is 1. The Hall–Kier alpha value is -3.35. The first-order valence-corrected chi connectivity index (χ1v) is 10.4. The molecule has 30 heavy (non-hydrogen) atoms. The van der Waals surface area contributed by atoms with Gasteiger partial charge in [-0.1, -0.05) is 30.3 Å². The van der Waals surface area contributed by atoms with Gasteiger partial charge in [0, 0.05) is 18.7 Å². The molecule has 3 N–H and O–H groups in total. The molecule has 2 aromatic carbocycles. The number of aryl methyl sites for hydroxylation is 1. The number of aromatic nitrogens is 3. The molecule has 7 heteroatoms. The van der Waals surface area contributed by atoms with Crippen LogP contribution >= 0.6 is 0 Å². The van der Waals surface area contributed by atoms with Gasteiger partial charge in [-0.15, -0.1) is 0 Å². The minimum absolute atomic E-state index is 0.600. The molecule has 1 heterocycles. The van der Waals surface area contributed by atoms with Crippen molar-refractivity contribution in [3.8, 4) is 17.1 Å². The maximum atomic E-state index is 5.20. The first-order valence-electron chi connectivity index (χ1n) is 10.4. The van der Waals surface area contributed by atoms with Crippen molar-refractivity contribution in [1.82, 2.24) is 25.8 Å². The number of benzene rings is 2. The van der Waals surface area contributed by atoms with Gasteiger partial charge in [0.1, 0.15) is 12.1 Å². The highest BCUT2D eigenvalue weighted by atomic mass is 16.5. The van der Waals surface area contributed by atoms with E-state index in [2.05, 4.69) is 57.0 Å². The third-order valence-corrected chi connectivity index (χ3v) is 4.72. The molecule has 0 radical (unpaired) electrons. The molecule has 0 unspecified atom stereocenters. The molecule has 0 amide bonds. The van der Waals surface area contributed by atoms with Crippen LogP contribution < -0.4 is 15.4 Å². The van der Waals surface area contributed by atoms with Gasteiger partial charge in [-0.3, -0.25) is 5.10 Å². The normalized spacial score (nSPS) is 11.3. The molecular weight excluding hydrogens is 376 g/mol. The summed E-state index contributed by atoms with van der Waals surface area (Å²) >= 11 is 0. The van der Waals surface area contributed by atoms with Crippen LogP contribution in [0.2, 0.25) is 0 Å². The van der Waals surface area contributed by atoms with Gasteiger partial charge in [0.05, 0.1) is 13.7 Å². The Kier molecular flexibility index (Phi) is 8.26. The van der Waals surface area contributed by atoms with E-state index >= 15 is 0 Å². The van der Waals surface area contributed by atoms with Crippen LogP contribution in [-0.4, -0.2) is 41.3 Å². The van der Waals surface area contributed by atoms with Gasteiger partial charge in [0.15, 0.2) is 11.8 Å². The second-order valence-electron chi connectivity index (χ2n) is 6.96. The number of H-pyrrole nitrogens is 1. The lowest BCUT2D eigenvalue weighted by Gasteiger charge is -2.11. The minimum atomic E-state index is 0.600. The molecule has 0 aliphatic carbocycles. The van der Waals surface area contributed by atoms with Crippen LogP contribution in [0, 0.1) is 0 Å². The van der Waals surface area contributed by atoms with E-state index in [1.807, 2.05) is 24.3 Å². The third kappa shape index (κ3) is 6.62. The van der Waals surface area contributed by atoms with E-state index in [0.717, 1.165) is 61.0 Å².